The number of rotatable bonds is 3. The Kier molecular flexibility index (Phi) is 4.13. The van der Waals surface area contributed by atoms with Crippen LogP contribution < -0.4 is 0 Å². The largest absolute Gasteiger partial charge is 0.451 e. The third-order valence-electron chi connectivity index (χ3n) is 2.22. The van der Waals surface area contributed by atoms with Crippen molar-refractivity contribution < 1.29 is 9.53 Å². The first-order valence-electron chi connectivity index (χ1n) is 4.98. The molecule has 0 amide bonds. The fraction of sp³-hybridized carbons (Fsp3) is 0.308. The fourth-order valence-electron chi connectivity index (χ4n) is 1.24. The van der Waals surface area contributed by atoms with Gasteiger partial charge in [0, 0.05) is 9.14 Å². The van der Waals surface area contributed by atoms with Crippen molar-refractivity contribution in [3.63, 3.8) is 0 Å². The van der Waals surface area contributed by atoms with Crippen molar-refractivity contribution in [1.82, 2.24) is 0 Å². The lowest BCUT2D eigenvalue weighted by Gasteiger charge is -2.25. The van der Waals surface area contributed by atoms with Crippen LogP contribution in [0.15, 0.2) is 36.4 Å². The van der Waals surface area contributed by atoms with E-state index in [0.29, 0.717) is 5.57 Å². The highest BCUT2D eigenvalue weighted by molar-refractivity contribution is 14.1. The summed E-state index contributed by atoms with van der Waals surface area (Å²) in [6.45, 7) is 8.97. The van der Waals surface area contributed by atoms with Gasteiger partial charge in [-0.1, -0.05) is 18.7 Å². The Balaban J connectivity index is 2.93. The standard InChI is InChI=1S/C13H15IO2/c1-9(2)12(15)16-13(3,4)10-6-5-7-11(14)8-10/h5-8H,1H2,2-4H3. The number of carbonyl (C=O) groups is 1. The molecule has 0 aliphatic heterocycles. The first-order valence-corrected chi connectivity index (χ1v) is 6.06. The summed E-state index contributed by atoms with van der Waals surface area (Å²) in [5, 5.41) is 0. The first kappa shape index (κ1) is 13.2. The van der Waals surface area contributed by atoms with E-state index in [1.54, 1.807) is 6.92 Å². The van der Waals surface area contributed by atoms with Crippen molar-refractivity contribution in [3.05, 3.63) is 45.6 Å². The monoisotopic (exact) mass is 330 g/mol. The number of benzene rings is 1. The van der Waals surface area contributed by atoms with E-state index < -0.39 is 5.60 Å². The first-order chi connectivity index (χ1) is 7.33. The van der Waals surface area contributed by atoms with Crippen LogP contribution in [0, 0.1) is 3.57 Å². The van der Waals surface area contributed by atoms with Crippen LogP contribution in [0.4, 0.5) is 0 Å². The van der Waals surface area contributed by atoms with Crippen LogP contribution >= 0.6 is 22.6 Å². The molecule has 1 aromatic rings. The topological polar surface area (TPSA) is 26.3 Å². The minimum absolute atomic E-state index is 0.358. The van der Waals surface area contributed by atoms with E-state index in [9.17, 15) is 4.79 Å². The molecule has 1 aromatic carbocycles. The molecule has 0 fully saturated rings. The normalized spacial score (nSPS) is 11.0. The van der Waals surface area contributed by atoms with Gasteiger partial charge < -0.3 is 4.74 Å². The zero-order valence-corrected chi connectivity index (χ0v) is 11.9. The predicted octanol–water partition coefficient (Wildman–Crippen LogP) is 3.65. The number of esters is 1. The van der Waals surface area contributed by atoms with Crippen LogP contribution in [0.2, 0.25) is 0 Å². The Hall–Kier alpha value is -0.840. The number of hydrogen-bond acceptors (Lipinski definition) is 2. The van der Waals surface area contributed by atoms with Gasteiger partial charge in [0.15, 0.2) is 0 Å². The van der Waals surface area contributed by atoms with Crippen LogP contribution in [0.25, 0.3) is 0 Å². The molecule has 0 spiro atoms. The lowest BCUT2D eigenvalue weighted by Crippen LogP contribution is -2.25. The Labute approximate surface area is 110 Å². The zero-order chi connectivity index (χ0) is 12.3. The minimum Gasteiger partial charge on any atom is -0.451 e. The third-order valence-corrected chi connectivity index (χ3v) is 2.89. The molecule has 0 saturated heterocycles. The van der Waals surface area contributed by atoms with Crippen LogP contribution in [0.1, 0.15) is 26.3 Å². The van der Waals surface area contributed by atoms with E-state index in [4.69, 9.17) is 4.74 Å². The molecule has 2 nitrogen and oxygen atoms in total. The second-order valence-corrected chi connectivity index (χ2v) is 5.44. The quantitative estimate of drug-likeness (QED) is 0.480. The molecule has 0 aromatic heterocycles. The van der Waals surface area contributed by atoms with E-state index in [0.717, 1.165) is 9.13 Å². The van der Waals surface area contributed by atoms with E-state index >= 15 is 0 Å². The van der Waals surface area contributed by atoms with E-state index in [1.807, 2.05) is 38.1 Å². The van der Waals surface area contributed by atoms with Crippen molar-refractivity contribution in [2.75, 3.05) is 0 Å². The average Bonchev–Trinajstić information content (AvgIpc) is 2.17. The molecular formula is C13H15IO2. The molecule has 0 N–H and O–H groups in total. The fourth-order valence-corrected chi connectivity index (χ4v) is 1.78. The maximum atomic E-state index is 11.5. The number of hydrogen-bond donors (Lipinski definition) is 0. The highest BCUT2D eigenvalue weighted by Crippen LogP contribution is 2.26. The summed E-state index contributed by atoms with van der Waals surface area (Å²) in [7, 11) is 0. The van der Waals surface area contributed by atoms with Crippen molar-refractivity contribution in [2.45, 2.75) is 26.4 Å². The van der Waals surface area contributed by atoms with E-state index in [-0.39, 0.29) is 5.97 Å². The summed E-state index contributed by atoms with van der Waals surface area (Å²) in [5.74, 6) is -0.358. The van der Waals surface area contributed by atoms with Crippen LogP contribution in [0.3, 0.4) is 0 Å². The van der Waals surface area contributed by atoms with Gasteiger partial charge in [-0.3, -0.25) is 0 Å². The highest BCUT2D eigenvalue weighted by Gasteiger charge is 2.25. The lowest BCUT2D eigenvalue weighted by atomic mass is 9.98. The number of ether oxygens (including phenoxy) is 1. The molecule has 0 aliphatic rings. The Bertz CT molecular complexity index is 422. The smallest absolute Gasteiger partial charge is 0.333 e. The summed E-state index contributed by atoms with van der Waals surface area (Å²) < 4.78 is 6.52. The maximum Gasteiger partial charge on any atom is 0.333 e. The van der Waals surface area contributed by atoms with Crippen LogP contribution in [-0.2, 0) is 15.1 Å². The number of halogens is 1. The number of carbonyl (C=O) groups excluding carboxylic acids is 1. The van der Waals surface area contributed by atoms with Gasteiger partial charge in [0.2, 0.25) is 0 Å². The van der Waals surface area contributed by atoms with Crippen molar-refractivity contribution in [2.24, 2.45) is 0 Å². The summed E-state index contributed by atoms with van der Waals surface area (Å²) in [6, 6.07) is 7.91. The summed E-state index contributed by atoms with van der Waals surface area (Å²) in [6.07, 6.45) is 0. The molecule has 0 bridgehead atoms. The summed E-state index contributed by atoms with van der Waals surface area (Å²) in [5.41, 5.74) is 0.768. The molecule has 86 valence electrons. The Morgan fingerprint density at radius 1 is 1.44 bits per heavy atom. The lowest BCUT2D eigenvalue weighted by molar-refractivity contribution is -0.152. The summed E-state index contributed by atoms with van der Waals surface area (Å²) in [4.78, 5) is 11.5. The molecule has 0 aliphatic carbocycles. The molecule has 0 radical (unpaired) electrons. The van der Waals surface area contributed by atoms with Gasteiger partial charge in [0.1, 0.15) is 5.60 Å². The maximum absolute atomic E-state index is 11.5. The van der Waals surface area contributed by atoms with Gasteiger partial charge in [-0.2, -0.15) is 0 Å². The predicted molar refractivity (Wildman–Crippen MR) is 73.1 cm³/mol. The van der Waals surface area contributed by atoms with Gasteiger partial charge in [0.05, 0.1) is 0 Å². The molecular weight excluding hydrogens is 315 g/mol. The van der Waals surface area contributed by atoms with Crippen molar-refractivity contribution >= 4 is 28.6 Å². The highest BCUT2D eigenvalue weighted by atomic mass is 127. The second kappa shape index (κ2) is 4.99. The summed E-state index contributed by atoms with van der Waals surface area (Å²) >= 11 is 2.23. The molecule has 0 atom stereocenters. The van der Waals surface area contributed by atoms with Crippen molar-refractivity contribution in [3.8, 4) is 0 Å². The molecule has 0 saturated carbocycles. The van der Waals surface area contributed by atoms with Gasteiger partial charge in [-0.15, -0.1) is 0 Å². The van der Waals surface area contributed by atoms with Gasteiger partial charge >= 0.3 is 5.97 Å². The van der Waals surface area contributed by atoms with Gasteiger partial charge in [0.25, 0.3) is 0 Å². The average molecular weight is 330 g/mol. The van der Waals surface area contributed by atoms with E-state index in [1.165, 1.54) is 0 Å². The van der Waals surface area contributed by atoms with Crippen LogP contribution in [-0.4, -0.2) is 5.97 Å². The molecule has 0 unspecified atom stereocenters. The van der Waals surface area contributed by atoms with Crippen molar-refractivity contribution in [1.29, 1.82) is 0 Å². The molecule has 16 heavy (non-hydrogen) atoms. The molecule has 0 heterocycles. The Morgan fingerprint density at radius 3 is 2.56 bits per heavy atom. The molecule has 3 heteroatoms. The van der Waals surface area contributed by atoms with E-state index in [2.05, 4.69) is 29.2 Å². The van der Waals surface area contributed by atoms with Gasteiger partial charge in [-0.05, 0) is 61.1 Å². The third kappa shape index (κ3) is 3.33. The SMILES string of the molecule is C=C(C)C(=O)OC(C)(C)c1cccc(I)c1. The van der Waals surface area contributed by atoms with Crippen LogP contribution in [0.5, 0.6) is 0 Å². The minimum atomic E-state index is -0.628. The molecule has 1 rings (SSSR count). The Morgan fingerprint density at radius 2 is 2.06 bits per heavy atom. The zero-order valence-electron chi connectivity index (χ0n) is 9.71. The van der Waals surface area contributed by atoms with Gasteiger partial charge in [-0.25, -0.2) is 4.79 Å². The second-order valence-electron chi connectivity index (χ2n) is 4.19.